The van der Waals surface area contributed by atoms with E-state index in [4.69, 9.17) is 0 Å². The number of benzene rings is 2. The van der Waals surface area contributed by atoms with E-state index in [1.807, 2.05) is 19.2 Å². The number of rotatable bonds is 4. The van der Waals surface area contributed by atoms with Gasteiger partial charge in [-0.05, 0) is 73.5 Å². The Morgan fingerprint density at radius 2 is 1.40 bits per heavy atom. The topological polar surface area (TPSA) is 111 Å². The molecule has 0 aliphatic carbocycles. The predicted octanol–water partition coefficient (Wildman–Crippen LogP) is 4.33. The number of carbonyl (C=O) groups excluding carboxylic acids is 2. The van der Waals surface area contributed by atoms with Crippen LogP contribution in [0.3, 0.4) is 0 Å². The van der Waals surface area contributed by atoms with Crippen LogP contribution in [0.5, 0.6) is 0 Å². The molecule has 2 aromatic carbocycles. The third kappa shape index (κ3) is 7.30. The predicted molar refractivity (Wildman–Crippen MR) is 156 cm³/mol. The Morgan fingerprint density at radius 1 is 0.837 bits per heavy atom. The fraction of sp³-hybridized carbons (Fsp3) is 0.333. The van der Waals surface area contributed by atoms with E-state index in [-0.39, 0.29) is 5.91 Å². The zero-order valence-corrected chi connectivity index (χ0v) is 24.1. The molecule has 226 valence electrons. The summed E-state index contributed by atoms with van der Waals surface area (Å²) >= 11 is 0. The molecule has 10 nitrogen and oxygen atoms in total. The molecular formula is C30H33F3N8O2. The molecule has 0 bridgehead atoms. The highest BCUT2D eigenvalue weighted by atomic mass is 19.4. The number of H-pyrrole nitrogens is 1. The van der Waals surface area contributed by atoms with E-state index in [1.54, 1.807) is 36.3 Å². The Balaban J connectivity index is 0.000000173. The van der Waals surface area contributed by atoms with Crippen molar-refractivity contribution in [1.82, 2.24) is 29.8 Å². The van der Waals surface area contributed by atoms with Crippen molar-refractivity contribution < 1.29 is 22.8 Å². The number of amides is 2. The van der Waals surface area contributed by atoms with Gasteiger partial charge in [0, 0.05) is 57.0 Å². The lowest BCUT2D eigenvalue weighted by Crippen LogP contribution is -2.26. The second-order valence-corrected chi connectivity index (χ2v) is 10.9. The molecule has 2 aliphatic heterocycles. The van der Waals surface area contributed by atoms with Gasteiger partial charge in [0.05, 0.1) is 11.8 Å². The quantitative estimate of drug-likeness (QED) is 0.325. The van der Waals surface area contributed by atoms with Crippen molar-refractivity contribution in [3.05, 3.63) is 94.1 Å². The number of alkyl halides is 3. The first kappa shape index (κ1) is 30.0. The lowest BCUT2D eigenvalue weighted by Gasteiger charge is -2.25. The standard InChI is InChI=1S/C15H15F3N4O.C15H18N4O/c1-22-5-4-9-2-3-11(6-10(9)8-22)20-14(23)13-12(7-19-21-13)15(16,17)18;1-18-6-5-11-3-4-14(7-12(11)9-18)17-15(20)13-8-16-19(2)10-13/h2-3,6-7H,4-5,8H2,1H3,(H,19,21)(H,20,23);3-4,7-8,10H,5-6,9H2,1-2H3,(H,17,20). The van der Waals surface area contributed by atoms with Crippen molar-refractivity contribution in [2.75, 3.05) is 37.8 Å². The first-order valence-corrected chi connectivity index (χ1v) is 13.8. The molecule has 2 amide bonds. The zero-order chi connectivity index (χ0) is 30.7. The summed E-state index contributed by atoms with van der Waals surface area (Å²) in [5.41, 5.74) is 5.06. The third-order valence-corrected chi connectivity index (χ3v) is 7.46. The van der Waals surface area contributed by atoms with Gasteiger partial charge in [-0.3, -0.25) is 19.4 Å². The molecular weight excluding hydrogens is 561 g/mol. The molecule has 0 unspecified atom stereocenters. The lowest BCUT2D eigenvalue weighted by molar-refractivity contribution is -0.137. The Morgan fingerprint density at radius 3 is 1.91 bits per heavy atom. The highest BCUT2D eigenvalue weighted by molar-refractivity contribution is 6.04. The van der Waals surface area contributed by atoms with Crippen molar-refractivity contribution >= 4 is 23.2 Å². The molecule has 6 rings (SSSR count). The van der Waals surface area contributed by atoms with Crippen LogP contribution in [0.25, 0.3) is 0 Å². The van der Waals surface area contributed by atoms with Gasteiger partial charge >= 0.3 is 6.18 Å². The molecule has 0 fully saturated rings. The second kappa shape index (κ2) is 12.4. The van der Waals surface area contributed by atoms with E-state index in [9.17, 15) is 22.8 Å². The van der Waals surface area contributed by atoms with Crippen LogP contribution >= 0.6 is 0 Å². The number of hydrogen-bond donors (Lipinski definition) is 3. The van der Waals surface area contributed by atoms with Crippen LogP contribution in [0.15, 0.2) is 55.0 Å². The van der Waals surface area contributed by atoms with Gasteiger partial charge in [-0.25, -0.2) is 0 Å². The minimum atomic E-state index is -4.63. The normalized spacial score (nSPS) is 15.1. The molecule has 0 saturated heterocycles. The minimum Gasteiger partial charge on any atom is -0.322 e. The number of likely N-dealkylation sites (N-methyl/N-ethyl adjacent to an activating group) is 2. The molecule has 3 N–H and O–H groups in total. The van der Waals surface area contributed by atoms with Gasteiger partial charge in [0.25, 0.3) is 11.8 Å². The van der Waals surface area contributed by atoms with Crippen LogP contribution in [0, 0.1) is 0 Å². The van der Waals surface area contributed by atoms with Gasteiger partial charge in [0.2, 0.25) is 0 Å². The van der Waals surface area contributed by atoms with Crippen molar-refractivity contribution in [1.29, 1.82) is 0 Å². The molecule has 43 heavy (non-hydrogen) atoms. The number of halogens is 3. The molecule has 2 aromatic heterocycles. The molecule has 4 aromatic rings. The molecule has 0 atom stereocenters. The van der Waals surface area contributed by atoms with Gasteiger partial charge in [-0.2, -0.15) is 23.4 Å². The van der Waals surface area contributed by atoms with Gasteiger partial charge < -0.3 is 20.4 Å². The number of fused-ring (bicyclic) bond motifs is 2. The van der Waals surface area contributed by atoms with Gasteiger partial charge in [0.1, 0.15) is 5.56 Å². The number of carbonyl (C=O) groups is 2. The lowest BCUT2D eigenvalue weighted by atomic mass is 9.99. The number of anilines is 2. The molecule has 13 heteroatoms. The summed E-state index contributed by atoms with van der Waals surface area (Å²) in [5.74, 6) is -1.01. The number of nitrogens with zero attached hydrogens (tertiary/aromatic N) is 5. The van der Waals surface area contributed by atoms with E-state index >= 15 is 0 Å². The number of aromatic nitrogens is 4. The van der Waals surface area contributed by atoms with Crippen LogP contribution in [-0.4, -0.2) is 68.8 Å². The van der Waals surface area contributed by atoms with Gasteiger partial charge in [0.15, 0.2) is 5.69 Å². The summed E-state index contributed by atoms with van der Waals surface area (Å²) in [6, 6.07) is 11.5. The maximum atomic E-state index is 12.8. The maximum Gasteiger partial charge on any atom is 0.420 e. The van der Waals surface area contributed by atoms with Crippen LogP contribution in [0.1, 0.15) is 48.7 Å². The highest BCUT2D eigenvalue weighted by Gasteiger charge is 2.37. The van der Waals surface area contributed by atoms with Crippen molar-refractivity contribution in [3.8, 4) is 0 Å². The Labute approximate surface area is 246 Å². The third-order valence-electron chi connectivity index (χ3n) is 7.46. The highest BCUT2D eigenvalue weighted by Crippen LogP contribution is 2.31. The van der Waals surface area contributed by atoms with Gasteiger partial charge in [-0.15, -0.1) is 0 Å². The first-order chi connectivity index (χ1) is 20.5. The Kier molecular flexibility index (Phi) is 8.64. The van der Waals surface area contributed by atoms with Crippen molar-refractivity contribution in [2.24, 2.45) is 7.05 Å². The van der Waals surface area contributed by atoms with Crippen LogP contribution in [0.2, 0.25) is 0 Å². The molecule has 0 spiro atoms. The summed E-state index contributed by atoms with van der Waals surface area (Å²) in [7, 11) is 5.91. The smallest absolute Gasteiger partial charge is 0.322 e. The SMILES string of the molecule is CN1CCc2ccc(NC(=O)c3cnn(C)c3)cc2C1.CN1CCc2ccc(NC(=O)c3n[nH]cc3C(F)(F)F)cc2C1. The average Bonchev–Trinajstić information content (AvgIpc) is 3.63. The fourth-order valence-corrected chi connectivity index (χ4v) is 5.16. The summed E-state index contributed by atoms with van der Waals surface area (Å²) in [5, 5.41) is 14.9. The maximum absolute atomic E-state index is 12.8. The monoisotopic (exact) mass is 594 g/mol. The van der Waals surface area contributed by atoms with E-state index < -0.39 is 23.3 Å². The summed E-state index contributed by atoms with van der Waals surface area (Å²) < 4.78 is 40.0. The second-order valence-electron chi connectivity index (χ2n) is 10.9. The van der Waals surface area contributed by atoms with Crippen molar-refractivity contribution in [2.45, 2.75) is 32.1 Å². The first-order valence-electron chi connectivity index (χ1n) is 13.8. The number of aryl methyl sites for hydroxylation is 1. The number of nitrogens with one attached hydrogen (secondary N) is 3. The summed E-state index contributed by atoms with van der Waals surface area (Å²) in [6.45, 7) is 3.73. The van der Waals surface area contributed by atoms with E-state index in [0.717, 1.165) is 50.3 Å². The fourth-order valence-electron chi connectivity index (χ4n) is 5.16. The average molecular weight is 595 g/mol. The van der Waals surface area contributed by atoms with E-state index in [2.05, 4.69) is 54.9 Å². The van der Waals surface area contributed by atoms with Crippen LogP contribution in [0.4, 0.5) is 24.5 Å². The van der Waals surface area contributed by atoms with Gasteiger partial charge in [-0.1, -0.05) is 12.1 Å². The number of aromatic amines is 1. The summed E-state index contributed by atoms with van der Waals surface area (Å²) in [6.07, 6.45) is 1.32. The van der Waals surface area contributed by atoms with E-state index in [1.165, 1.54) is 16.7 Å². The van der Waals surface area contributed by atoms with Crippen molar-refractivity contribution in [3.63, 3.8) is 0 Å². The largest absolute Gasteiger partial charge is 0.420 e. The van der Waals surface area contributed by atoms with Crippen LogP contribution < -0.4 is 10.6 Å². The van der Waals surface area contributed by atoms with Crippen LogP contribution in [-0.2, 0) is 39.2 Å². The molecule has 0 saturated carbocycles. The minimum absolute atomic E-state index is 0.123. The zero-order valence-electron chi connectivity index (χ0n) is 24.1. The molecule has 2 aliphatic rings. The van der Waals surface area contributed by atoms with E-state index in [0.29, 0.717) is 17.4 Å². The Bertz CT molecular complexity index is 1630. The Hall–Kier alpha value is -4.49. The molecule has 0 radical (unpaired) electrons. The molecule has 4 heterocycles. The number of hydrogen-bond acceptors (Lipinski definition) is 6. The summed E-state index contributed by atoms with van der Waals surface area (Å²) in [4.78, 5) is 28.6.